The first-order valence-corrected chi connectivity index (χ1v) is 7.17. The number of aromatic nitrogens is 2. The van der Waals surface area contributed by atoms with Crippen molar-refractivity contribution >= 4 is 10.9 Å². The zero-order valence-corrected chi connectivity index (χ0v) is 12.4. The van der Waals surface area contributed by atoms with Crippen LogP contribution < -0.4 is 15.6 Å². The fraction of sp³-hybridized carbons (Fsp3) is 0.176. The molecule has 5 nitrogen and oxygen atoms in total. The number of nitrogens with one attached hydrogen (secondary N) is 1. The van der Waals surface area contributed by atoms with Gasteiger partial charge in [0.05, 0.1) is 12.7 Å². The number of aromatic amines is 1. The molecule has 0 radical (unpaired) electrons. The molecule has 2 aromatic heterocycles. The molecule has 3 rings (SSSR count). The lowest BCUT2D eigenvalue weighted by molar-refractivity contribution is -0.686. The Bertz CT molecular complexity index is 828. The maximum atomic E-state index is 12.1. The summed E-state index contributed by atoms with van der Waals surface area (Å²) < 4.78 is 5.22. The van der Waals surface area contributed by atoms with Gasteiger partial charge in [0.15, 0.2) is 0 Å². The molecule has 0 atom stereocenters. The summed E-state index contributed by atoms with van der Waals surface area (Å²) in [5.41, 5.74) is 2.67. The van der Waals surface area contributed by atoms with Crippen molar-refractivity contribution in [1.82, 2.24) is 9.97 Å². The Morgan fingerprint density at radius 3 is 2.91 bits per heavy atom. The fourth-order valence-corrected chi connectivity index (χ4v) is 2.42. The fourth-order valence-electron chi connectivity index (χ4n) is 2.42. The summed E-state index contributed by atoms with van der Waals surface area (Å²) >= 11 is 0. The number of hydrogen-bond donors (Lipinski definition) is 2. The molecular weight excluding hydrogens is 278 g/mol. The van der Waals surface area contributed by atoms with E-state index in [9.17, 15) is 4.79 Å². The lowest BCUT2D eigenvalue weighted by Gasteiger charge is -2.05. The molecule has 3 N–H and O–H groups in total. The van der Waals surface area contributed by atoms with Crippen LogP contribution in [0.3, 0.4) is 0 Å². The Balaban J connectivity index is 1.78. The maximum Gasteiger partial charge on any atom is 0.257 e. The van der Waals surface area contributed by atoms with Gasteiger partial charge in [-0.3, -0.25) is 9.78 Å². The van der Waals surface area contributed by atoms with Crippen molar-refractivity contribution < 1.29 is 10.1 Å². The van der Waals surface area contributed by atoms with Crippen molar-refractivity contribution in [2.75, 3.05) is 7.11 Å². The van der Waals surface area contributed by atoms with E-state index >= 15 is 0 Å². The van der Waals surface area contributed by atoms with Crippen LogP contribution in [0.4, 0.5) is 0 Å². The second-order valence-corrected chi connectivity index (χ2v) is 5.14. The monoisotopic (exact) mass is 296 g/mol. The highest BCUT2D eigenvalue weighted by molar-refractivity contribution is 5.80. The van der Waals surface area contributed by atoms with Gasteiger partial charge in [0.25, 0.3) is 5.56 Å². The topological polar surface area (TPSA) is 71.6 Å². The SMILES string of the molecule is COc1ccc2[nH]c(=O)c(C[NH2+]Cc3cccnc3)cc2c1. The van der Waals surface area contributed by atoms with Crippen LogP contribution in [0.25, 0.3) is 10.9 Å². The summed E-state index contributed by atoms with van der Waals surface area (Å²) in [7, 11) is 1.63. The summed E-state index contributed by atoms with van der Waals surface area (Å²) in [5.74, 6) is 0.782. The predicted molar refractivity (Wildman–Crippen MR) is 84.7 cm³/mol. The van der Waals surface area contributed by atoms with Crippen LogP contribution in [0.5, 0.6) is 5.75 Å². The van der Waals surface area contributed by atoms with Gasteiger partial charge < -0.3 is 15.0 Å². The van der Waals surface area contributed by atoms with E-state index in [-0.39, 0.29) is 5.56 Å². The molecule has 0 saturated heterocycles. The van der Waals surface area contributed by atoms with Gasteiger partial charge in [-0.15, -0.1) is 0 Å². The minimum atomic E-state index is -0.0416. The van der Waals surface area contributed by atoms with Crippen LogP contribution in [0.2, 0.25) is 0 Å². The van der Waals surface area contributed by atoms with Gasteiger partial charge in [0.1, 0.15) is 18.8 Å². The first kappa shape index (κ1) is 14.3. The first-order chi connectivity index (χ1) is 10.8. The minimum Gasteiger partial charge on any atom is -0.497 e. The van der Waals surface area contributed by atoms with E-state index in [4.69, 9.17) is 4.74 Å². The molecule has 0 bridgehead atoms. The Labute approximate surface area is 128 Å². The summed E-state index contributed by atoms with van der Waals surface area (Å²) in [4.78, 5) is 19.1. The van der Waals surface area contributed by atoms with Crippen LogP contribution in [-0.4, -0.2) is 17.1 Å². The summed E-state index contributed by atoms with van der Waals surface area (Å²) in [6, 6.07) is 11.5. The number of methoxy groups -OCH3 is 1. The normalized spacial score (nSPS) is 10.8. The molecule has 22 heavy (non-hydrogen) atoms. The second kappa shape index (κ2) is 6.41. The van der Waals surface area contributed by atoms with E-state index in [1.54, 1.807) is 13.3 Å². The van der Waals surface area contributed by atoms with Crippen molar-refractivity contribution in [1.29, 1.82) is 0 Å². The molecule has 5 heteroatoms. The number of fused-ring (bicyclic) bond motifs is 1. The zero-order chi connectivity index (χ0) is 15.4. The third kappa shape index (κ3) is 3.15. The number of pyridine rings is 2. The van der Waals surface area contributed by atoms with Crippen LogP contribution >= 0.6 is 0 Å². The van der Waals surface area contributed by atoms with Crippen molar-refractivity contribution in [3.63, 3.8) is 0 Å². The predicted octanol–water partition coefficient (Wildman–Crippen LogP) is 1.20. The first-order valence-electron chi connectivity index (χ1n) is 7.17. The smallest absolute Gasteiger partial charge is 0.257 e. The molecule has 0 amide bonds. The van der Waals surface area contributed by atoms with Gasteiger partial charge in [0.2, 0.25) is 0 Å². The highest BCUT2D eigenvalue weighted by Gasteiger charge is 2.06. The Morgan fingerprint density at radius 1 is 1.23 bits per heavy atom. The zero-order valence-electron chi connectivity index (χ0n) is 12.4. The average molecular weight is 296 g/mol. The molecule has 0 aliphatic heterocycles. The number of H-pyrrole nitrogens is 1. The number of nitrogens with zero attached hydrogens (tertiary/aromatic N) is 1. The number of ether oxygens (including phenoxy) is 1. The maximum absolute atomic E-state index is 12.1. The number of nitrogens with two attached hydrogens (primary N) is 1. The summed E-state index contributed by atoms with van der Waals surface area (Å²) in [6.45, 7) is 1.42. The van der Waals surface area contributed by atoms with Gasteiger partial charge in [-0.05, 0) is 30.3 Å². The summed E-state index contributed by atoms with van der Waals surface area (Å²) in [6.07, 6.45) is 3.59. The standard InChI is InChI=1S/C17H17N3O2/c1-22-15-4-5-16-13(8-15)7-14(17(21)20-16)11-19-10-12-3-2-6-18-9-12/h2-9,19H,10-11H2,1H3,(H,20,21)/p+1. The molecular formula is C17H18N3O2+. The van der Waals surface area contributed by atoms with Crippen molar-refractivity contribution in [3.8, 4) is 5.75 Å². The highest BCUT2D eigenvalue weighted by atomic mass is 16.5. The molecule has 0 unspecified atom stereocenters. The van der Waals surface area contributed by atoms with E-state index in [1.807, 2.05) is 42.6 Å². The lowest BCUT2D eigenvalue weighted by Crippen LogP contribution is -2.81. The number of rotatable bonds is 5. The van der Waals surface area contributed by atoms with Crippen LogP contribution in [0, 0.1) is 0 Å². The van der Waals surface area contributed by atoms with E-state index in [0.29, 0.717) is 6.54 Å². The Kier molecular flexibility index (Phi) is 4.16. The highest BCUT2D eigenvalue weighted by Crippen LogP contribution is 2.18. The minimum absolute atomic E-state index is 0.0416. The Hall–Kier alpha value is -2.66. The van der Waals surface area contributed by atoms with Gasteiger partial charge in [-0.2, -0.15) is 0 Å². The average Bonchev–Trinajstić information content (AvgIpc) is 2.56. The number of hydrogen-bond acceptors (Lipinski definition) is 3. The third-order valence-electron chi connectivity index (χ3n) is 3.60. The van der Waals surface area contributed by atoms with Gasteiger partial charge >= 0.3 is 0 Å². The third-order valence-corrected chi connectivity index (χ3v) is 3.60. The van der Waals surface area contributed by atoms with Crippen LogP contribution in [-0.2, 0) is 13.1 Å². The summed E-state index contributed by atoms with van der Waals surface area (Å²) in [5, 5.41) is 3.07. The molecule has 0 aliphatic rings. The van der Waals surface area contributed by atoms with E-state index < -0.39 is 0 Å². The van der Waals surface area contributed by atoms with Crippen molar-refractivity contribution in [2.45, 2.75) is 13.1 Å². The largest absolute Gasteiger partial charge is 0.497 e. The van der Waals surface area contributed by atoms with Gasteiger partial charge in [0, 0.05) is 28.9 Å². The van der Waals surface area contributed by atoms with E-state index in [1.165, 1.54) is 0 Å². The molecule has 2 heterocycles. The molecule has 0 saturated carbocycles. The van der Waals surface area contributed by atoms with Gasteiger partial charge in [-0.25, -0.2) is 0 Å². The van der Waals surface area contributed by atoms with Crippen molar-refractivity contribution in [2.24, 2.45) is 0 Å². The quantitative estimate of drug-likeness (QED) is 0.743. The Morgan fingerprint density at radius 2 is 2.14 bits per heavy atom. The number of quaternary nitrogens is 1. The number of benzene rings is 1. The molecule has 0 aliphatic carbocycles. The van der Waals surface area contributed by atoms with E-state index in [2.05, 4.69) is 15.3 Å². The van der Waals surface area contributed by atoms with E-state index in [0.717, 1.165) is 34.3 Å². The molecule has 3 aromatic rings. The molecule has 0 spiro atoms. The molecule has 112 valence electrons. The lowest BCUT2D eigenvalue weighted by atomic mass is 10.1. The van der Waals surface area contributed by atoms with Gasteiger partial charge in [-0.1, -0.05) is 6.07 Å². The molecule has 1 aromatic carbocycles. The van der Waals surface area contributed by atoms with Crippen molar-refractivity contribution in [3.05, 3.63) is 70.3 Å². The second-order valence-electron chi connectivity index (χ2n) is 5.14. The van der Waals surface area contributed by atoms with Crippen LogP contribution in [0.15, 0.2) is 53.6 Å². The van der Waals surface area contributed by atoms with Crippen LogP contribution in [0.1, 0.15) is 11.1 Å². The molecule has 0 fully saturated rings.